The van der Waals surface area contributed by atoms with E-state index in [1.807, 2.05) is 23.1 Å². The Kier molecular flexibility index (Phi) is 4.48. The quantitative estimate of drug-likeness (QED) is 0.902. The molecule has 0 aliphatic carbocycles. The normalized spacial score (nSPS) is 15.7. The number of carbonyl (C=O) groups is 1. The highest BCUT2D eigenvalue weighted by Crippen LogP contribution is 2.05. The average Bonchev–Trinajstić information content (AvgIpc) is 2.83. The van der Waals surface area contributed by atoms with Crippen LogP contribution in [0.2, 0.25) is 0 Å². The second-order valence-electron chi connectivity index (χ2n) is 5.49. The van der Waals surface area contributed by atoms with Gasteiger partial charge in [0.2, 0.25) is 5.91 Å². The first-order chi connectivity index (χ1) is 10.8. The summed E-state index contributed by atoms with van der Waals surface area (Å²) in [7, 11) is 0. The largest absolute Gasteiger partial charge is 0.341 e. The van der Waals surface area contributed by atoms with Crippen LogP contribution in [0, 0.1) is 0 Å². The first kappa shape index (κ1) is 14.7. The molecule has 3 rings (SSSR count). The first-order valence-electron chi connectivity index (χ1n) is 7.68. The molecule has 6 nitrogen and oxygen atoms in total. The zero-order valence-corrected chi connectivity index (χ0v) is 12.5. The van der Waals surface area contributed by atoms with E-state index in [4.69, 9.17) is 0 Å². The maximum Gasteiger partial charge on any atom is 0.261 e. The van der Waals surface area contributed by atoms with Gasteiger partial charge in [-0.15, -0.1) is 0 Å². The molecule has 22 heavy (non-hydrogen) atoms. The summed E-state index contributed by atoms with van der Waals surface area (Å²) in [5, 5.41) is 3.87. The van der Waals surface area contributed by atoms with Crippen LogP contribution in [0.3, 0.4) is 0 Å². The van der Waals surface area contributed by atoms with E-state index in [0.717, 1.165) is 32.6 Å². The third kappa shape index (κ3) is 3.17. The van der Waals surface area contributed by atoms with Gasteiger partial charge in [0.05, 0.1) is 17.2 Å². The Bertz CT molecular complexity index is 717. The standard InChI is InChI=1S/C16H20N4O2/c21-15(19-9-3-7-17-8-11-19)6-10-20-12-18-14-5-2-1-4-13(14)16(20)22/h1-2,4-5,12,17H,3,6-11H2. The fraction of sp³-hybridized carbons (Fsp3) is 0.438. The van der Waals surface area contributed by atoms with Crippen LogP contribution in [0.1, 0.15) is 12.8 Å². The molecule has 0 unspecified atom stereocenters. The highest BCUT2D eigenvalue weighted by Gasteiger charge is 2.15. The van der Waals surface area contributed by atoms with Gasteiger partial charge in [-0.2, -0.15) is 0 Å². The Morgan fingerprint density at radius 1 is 1.23 bits per heavy atom. The molecule has 1 aliphatic rings. The first-order valence-corrected chi connectivity index (χ1v) is 7.68. The highest BCUT2D eigenvalue weighted by molar-refractivity contribution is 5.77. The van der Waals surface area contributed by atoms with Crippen molar-refractivity contribution in [2.75, 3.05) is 26.2 Å². The third-order valence-corrected chi connectivity index (χ3v) is 3.99. The molecule has 0 atom stereocenters. The van der Waals surface area contributed by atoms with Crippen LogP contribution in [0.5, 0.6) is 0 Å². The van der Waals surface area contributed by atoms with Gasteiger partial charge in [-0.1, -0.05) is 12.1 Å². The van der Waals surface area contributed by atoms with E-state index >= 15 is 0 Å². The predicted molar refractivity (Wildman–Crippen MR) is 84.7 cm³/mol. The van der Waals surface area contributed by atoms with Crippen LogP contribution >= 0.6 is 0 Å². The smallest absolute Gasteiger partial charge is 0.261 e. The van der Waals surface area contributed by atoms with Crippen molar-refractivity contribution in [1.29, 1.82) is 0 Å². The number of carbonyl (C=O) groups excluding carboxylic acids is 1. The second-order valence-corrected chi connectivity index (χ2v) is 5.49. The van der Waals surface area contributed by atoms with Crippen molar-refractivity contribution in [2.45, 2.75) is 19.4 Å². The lowest BCUT2D eigenvalue weighted by Crippen LogP contribution is -2.35. The summed E-state index contributed by atoms with van der Waals surface area (Å²) < 4.78 is 1.52. The van der Waals surface area contributed by atoms with Crippen LogP contribution in [0.25, 0.3) is 10.9 Å². The highest BCUT2D eigenvalue weighted by atomic mass is 16.2. The van der Waals surface area contributed by atoms with E-state index in [9.17, 15) is 9.59 Å². The minimum atomic E-state index is -0.0871. The van der Waals surface area contributed by atoms with Crippen LogP contribution in [-0.4, -0.2) is 46.5 Å². The van der Waals surface area contributed by atoms with E-state index in [1.165, 1.54) is 10.9 Å². The Morgan fingerprint density at radius 2 is 2.09 bits per heavy atom. The molecule has 1 saturated heterocycles. The Balaban J connectivity index is 1.69. The number of rotatable bonds is 3. The Morgan fingerprint density at radius 3 is 3.00 bits per heavy atom. The number of hydrogen-bond acceptors (Lipinski definition) is 4. The fourth-order valence-electron chi connectivity index (χ4n) is 2.73. The van der Waals surface area contributed by atoms with Gasteiger partial charge in [-0.05, 0) is 25.1 Å². The number of aromatic nitrogens is 2. The van der Waals surface area contributed by atoms with E-state index in [2.05, 4.69) is 10.3 Å². The number of nitrogens with one attached hydrogen (secondary N) is 1. The molecule has 0 radical (unpaired) electrons. The second kappa shape index (κ2) is 6.70. The zero-order valence-electron chi connectivity index (χ0n) is 12.5. The number of para-hydroxylation sites is 1. The molecule has 1 aliphatic heterocycles. The van der Waals surface area contributed by atoms with Gasteiger partial charge in [0.25, 0.3) is 5.56 Å². The molecular weight excluding hydrogens is 280 g/mol. The molecule has 6 heteroatoms. The third-order valence-electron chi connectivity index (χ3n) is 3.99. The lowest BCUT2D eigenvalue weighted by Gasteiger charge is -2.20. The Hall–Kier alpha value is -2.21. The summed E-state index contributed by atoms with van der Waals surface area (Å²) in [6.45, 7) is 3.70. The van der Waals surface area contributed by atoms with E-state index < -0.39 is 0 Å². The van der Waals surface area contributed by atoms with Gasteiger partial charge in [0.15, 0.2) is 0 Å². The van der Waals surface area contributed by atoms with Crippen LogP contribution in [0.4, 0.5) is 0 Å². The number of hydrogen-bond donors (Lipinski definition) is 1. The molecule has 0 saturated carbocycles. The molecule has 1 aromatic heterocycles. The molecule has 1 N–H and O–H groups in total. The van der Waals surface area contributed by atoms with Gasteiger partial charge >= 0.3 is 0 Å². The molecule has 0 bridgehead atoms. The van der Waals surface area contributed by atoms with E-state index in [1.54, 1.807) is 6.07 Å². The molecule has 0 spiro atoms. The summed E-state index contributed by atoms with van der Waals surface area (Å²) >= 11 is 0. The maximum absolute atomic E-state index is 12.4. The molecule has 2 heterocycles. The van der Waals surface area contributed by atoms with Gasteiger partial charge in [-0.25, -0.2) is 4.98 Å². The van der Waals surface area contributed by atoms with Crippen molar-refractivity contribution in [3.05, 3.63) is 40.9 Å². The molecule has 1 aromatic carbocycles. The number of aryl methyl sites for hydroxylation is 1. The van der Waals surface area contributed by atoms with Gasteiger partial charge < -0.3 is 10.2 Å². The summed E-state index contributed by atoms with van der Waals surface area (Å²) in [4.78, 5) is 30.8. The minimum Gasteiger partial charge on any atom is -0.341 e. The Labute approximate surface area is 128 Å². The minimum absolute atomic E-state index is 0.0871. The van der Waals surface area contributed by atoms with Crippen molar-refractivity contribution in [2.24, 2.45) is 0 Å². The van der Waals surface area contributed by atoms with Crippen molar-refractivity contribution in [1.82, 2.24) is 19.8 Å². The van der Waals surface area contributed by atoms with E-state index in [-0.39, 0.29) is 11.5 Å². The lowest BCUT2D eigenvalue weighted by atomic mass is 10.2. The van der Waals surface area contributed by atoms with E-state index in [0.29, 0.717) is 23.9 Å². The molecule has 1 amide bonds. The predicted octanol–water partition coefficient (Wildman–Crippen LogP) is 0.608. The van der Waals surface area contributed by atoms with Crippen molar-refractivity contribution in [3.63, 3.8) is 0 Å². The van der Waals surface area contributed by atoms with Crippen molar-refractivity contribution < 1.29 is 4.79 Å². The molecular formula is C16H20N4O2. The summed E-state index contributed by atoms with van der Waals surface area (Å²) in [6, 6.07) is 7.26. The maximum atomic E-state index is 12.4. The number of fused-ring (bicyclic) bond motifs is 1. The number of amides is 1. The van der Waals surface area contributed by atoms with Crippen LogP contribution in [0.15, 0.2) is 35.4 Å². The SMILES string of the molecule is O=C(CCn1cnc2ccccc2c1=O)N1CCCNCC1. The summed E-state index contributed by atoms with van der Waals surface area (Å²) in [5.41, 5.74) is 0.601. The number of nitrogens with zero attached hydrogens (tertiary/aromatic N) is 3. The monoisotopic (exact) mass is 300 g/mol. The zero-order chi connectivity index (χ0) is 15.4. The fourth-order valence-corrected chi connectivity index (χ4v) is 2.73. The number of benzene rings is 1. The molecule has 116 valence electrons. The molecule has 1 fully saturated rings. The van der Waals surface area contributed by atoms with Gasteiger partial charge in [0.1, 0.15) is 0 Å². The molecule has 2 aromatic rings. The summed E-state index contributed by atoms with van der Waals surface area (Å²) in [5.74, 6) is 0.101. The van der Waals surface area contributed by atoms with Gasteiger partial charge in [-0.3, -0.25) is 14.2 Å². The van der Waals surface area contributed by atoms with Crippen LogP contribution < -0.4 is 10.9 Å². The van der Waals surface area contributed by atoms with Crippen molar-refractivity contribution in [3.8, 4) is 0 Å². The lowest BCUT2D eigenvalue weighted by molar-refractivity contribution is -0.131. The van der Waals surface area contributed by atoms with Crippen molar-refractivity contribution >= 4 is 16.8 Å². The summed E-state index contributed by atoms with van der Waals surface area (Å²) in [6.07, 6.45) is 2.84. The average molecular weight is 300 g/mol. The van der Waals surface area contributed by atoms with Gasteiger partial charge in [0, 0.05) is 32.6 Å². The van der Waals surface area contributed by atoms with Crippen LogP contribution in [-0.2, 0) is 11.3 Å². The topological polar surface area (TPSA) is 67.2 Å².